The van der Waals surface area contributed by atoms with E-state index in [2.05, 4.69) is 0 Å². The largest absolute Gasteiger partial charge is 0.368 e. The number of sulfonamides is 1. The minimum absolute atomic E-state index is 0.0766. The second-order valence-electron chi connectivity index (χ2n) is 7.38. The van der Waals surface area contributed by atoms with Crippen LogP contribution >= 0.6 is 0 Å². The molecule has 0 bridgehead atoms. The predicted octanol–water partition coefficient (Wildman–Crippen LogP) is 1.31. The average molecular weight is 473 g/mol. The Labute approximate surface area is 178 Å². The topological polar surface area (TPSA) is 109 Å². The van der Waals surface area contributed by atoms with Gasteiger partial charge in [0.15, 0.2) is 19.7 Å². The minimum atomic E-state index is -3.69. The molecule has 0 radical (unpaired) electrons. The van der Waals surface area contributed by atoms with Gasteiger partial charge in [-0.2, -0.15) is 4.31 Å². The highest BCUT2D eigenvalue weighted by Crippen LogP contribution is 2.30. The average Bonchev–Trinajstić information content (AvgIpc) is 2.66. The van der Waals surface area contributed by atoms with Crippen LogP contribution in [0.5, 0.6) is 0 Å². The summed E-state index contributed by atoms with van der Waals surface area (Å²) in [6.45, 7) is 2.82. The third kappa shape index (κ3) is 4.69. The van der Waals surface area contributed by atoms with Crippen LogP contribution in [0, 0.1) is 6.92 Å². The molecule has 0 spiro atoms. The maximum atomic E-state index is 12.9. The molecule has 1 fully saturated rings. The molecular weight excluding hydrogens is 448 g/mol. The molecule has 3 rings (SSSR count). The van der Waals surface area contributed by atoms with Crippen molar-refractivity contribution in [1.29, 1.82) is 0 Å². The smallest absolute Gasteiger partial charge is 0.243 e. The number of hydrogen-bond donors (Lipinski definition) is 0. The molecule has 30 heavy (non-hydrogen) atoms. The summed E-state index contributed by atoms with van der Waals surface area (Å²) in [6, 6.07) is 10.6. The van der Waals surface area contributed by atoms with Crippen molar-refractivity contribution >= 4 is 35.4 Å². The molecule has 0 aromatic heterocycles. The zero-order chi connectivity index (χ0) is 22.3. The first-order valence-electron chi connectivity index (χ1n) is 9.16. The summed E-state index contributed by atoms with van der Waals surface area (Å²) in [6.07, 6.45) is 2.04. The molecule has 0 N–H and O–H groups in total. The molecule has 1 heterocycles. The van der Waals surface area contributed by atoms with Crippen molar-refractivity contribution in [3.8, 4) is 0 Å². The van der Waals surface area contributed by atoms with Gasteiger partial charge in [-0.1, -0.05) is 17.7 Å². The van der Waals surface area contributed by atoms with Crippen LogP contribution in [0.25, 0.3) is 0 Å². The maximum absolute atomic E-state index is 12.9. The van der Waals surface area contributed by atoms with Gasteiger partial charge in [0.25, 0.3) is 0 Å². The van der Waals surface area contributed by atoms with Gasteiger partial charge >= 0.3 is 0 Å². The molecular formula is C19H24N2O6S3. The lowest BCUT2D eigenvalue weighted by Crippen LogP contribution is -2.49. The van der Waals surface area contributed by atoms with Gasteiger partial charge in [-0.25, -0.2) is 25.3 Å². The van der Waals surface area contributed by atoms with Crippen LogP contribution in [0.15, 0.2) is 57.2 Å². The summed E-state index contributed by atoms with van der Waals surface area (Å²) in [5.41, 5.74) is 1.34. The molecule has 11 heteroatoms. The number of nitrogens with zero attached hydrogens (tertiary/aromatic N) is 2. The van der Waals surface area contributed by atoms with Gasteiger partial charge in [-0.05, 0) is 37.3 Å². The maximum Gasteiger partial charge on any atom is 0.243 e. The first kappa shape index (κ1) is 22.7. The lowest BCUT2D eigenvalue weighted by atomic mass is 10.2. The highest BCUT2D eigenvalue weighted by atomic mass is 32.2. The van der Waals surface area contributed by atoms with Crippen molar-refractivity contribution in [3.63, 3.8) is 0 Å². The molecule has 164 valence electrons. The summed E-state index contributed by atoms with van der Waals surface area (Å²) >= 11 is 0. The number of hydrogen-bond acceptors (Lipinski definition) is 7. The van der Waals surface area contributed by atoms with E-state index in [-0.39, 0.29) is 40.9 Å². The van der Waals surface area contributed by atoms with E-state index in [9.17, 15) is 25.3 Å². The Morgan fingerprint density at radius 1 is 0.700 bits per heavy atom. The van der Waals surface area contributed by atoms with Crippen molar-refractivity contribution in [2.75, 3.05) is 43.6 Å². The number of anilines is 1. The van der Waals surface area contributed by atoms with Crippen LogP contribution in [-0.2, 0) is 29.7 Å². The van der Waals surface area contributed by atoms with Crippen LogP contribution in [0.4, 0.5) is 5.69 Å². The van der Waals surface area contributed by atoms with E-state index in [1.807, 2.05) is 6.92 Å². The van der Waals surface area contributed by atoms with E-state index in [0.29, 0.717) is 5.69 Å². The van der Waals surface area contributed by atoms with E-state index in [0.717, 1.165) is 24.1 Å². The molecule has 0 atom stereocenters. The SMILES string of the molecule is Cc1ccc(S(=O)(=O)N2CCN(c3ccc(S(C)(=O)=O)cc3S(C)(=O)=O)CC2)cc1. The zero-order valence-corrected chi connectivity index (χ0v) is 19.4. The van der Waals surface area contributed by atoms with Gasteiger partial charge in [0.1, 0.15) is 0 Å². The summed E-state index contributed by atoms with van der Waals surface area (Å²) in [4.78, 5) is 1.83. The standard InChI is InChI=1S/C19H24N2O6S3/c1-15-4-6-16(7-5-15)30(26,27)21-12-10-20(11-13-21)18-9-8-17(28(2,22)23)14-19(18)29(3,24)25/h4-9,14H,10-13H2,1-3H3. The Morgan fingerprint density at radius 3 is 1.73 bits per heavy atom. The van der Waals surface area contributed by atoms with Crippen LogP contribution in [0.2, 0.25) is 0 Å². The second kappa shape index (κ2) is 7.95. The molecule has 0 amide bonds. The Hall–Kier alpha value is -1.95. The van der Waals surface area contributed by atoms with Crippen molar-refractivity contribution in [2.45, 2.75) is 21.6 Å². The Balaban J connectivity index is 1.87. The highest BCUT2D eigenvalue weighted by molar-refractivity contribution is 7.91. The van der Waals surface area contributed by atoms with Crippen LogP contribution in [0.3, 0.4) is 0 Å². The van der Waals surface area contributed by atoms with Crippen molar-refractivity contribution in [3.05, 3.63) is 48.0 Å². The third-order valence-corrected chi connectivity index (χ3v) is 9.15. The minimum Gasteiger partial charge on any atom is -0.368 e. The van der Waals surface area contributed by atoms with E-state index < -0.39 is 29.7 Å². The van der Waals surface area contributed by atoms with E-state index in [1.165, 1.54) is 16.4 Å². The molecule has 0 saturated carbocycles. The summed E-state index contributed by atoms with van der Waals surface area (Å²) in [5.74, 6) is 0. The van der Waals surface area contributed by atoms with Crippen molar-refractivity contribution in [2.24, 2.45) is 0 Å². The van der Waals surface area contributed by atoms with E-state index in [1.54, 1.807) is 29.2 Å². The molecule has 8 nitrogen and oxygen atoms in total. The monoisotopic (exact) mass is 472 g/mol. The molecule has 0 unspecified atom stereocenters. The molecule has 2 aromatic rings. The first-order chi connectivity index (χ1) is 13.8. The number of rotatable bonds is 5. The summed E-state index contributed by atoms with van der Waals surface area (Å²) in [7, 11) is -10.9. The molecule has 0 aliphatic carbocycles. The van der Waals surface area contributed by atoms with Gasteiger partial charge in [-0.3, -0.25) is 0 Å². The zero-order valence-electron chi connectivity index (χ0n) is 16.9. The van der Waals surface area contributed by atoms with Crippen LogP contribution < -0.4 is 4.90 Å². The quantitative estimate of drug-likeness (QED) is 0.645. The fourth-order valence-electron chi connectivity index (χ4n) is 3.31. The van der Waals surface area contributed by atoms with Gasteiger partial charge < -0.3 is 4.90 Å². The van der Waals surface area contributed by atoms with E-state index in [4.69, 9.17) is 0 Å². The van der Waals surface area contributed by atoms with E-state index >= 15 is 0 Å². The lowest BCUT2D eigenvalue weighted by Gasteiger charge is -2.36. The molecule has 2 aromatic carbocycles. The number of sulfone groups is 2. The number of piperazine rings is 1. The van der Waals surface area contributed by atoms with Gasteiger partial charge in [-0.15, -0.1) is 0 Å². The molecule has 1 saturated heterocycles. The Morgan fingerprint density at radius 2 is 1.23 bits per heavy atom. The molecule has 1 aliphatic rings. The summed E-state index contributed by atoms with van der Waals surface area (Å²) in [5, 5.41) is 0. The van der Waals surface area contributed by atoms with Crippen molar-refractivity contribution < 1.29 is 25.3 Å². The van der Waals surface area contributed by atoms with Gasteiger partial charge in [0, 0.05) is 38.7 Å². The van der Waals surface area contributed by atoms with Crippen LogP contribution in [-0.4, -0.2) is 68.2 Å². The normalized spacial score (nSPS) is 16.6. The Kier molecular flexibility index (Phi) is 6.02. The lowest BCUT2D eigenvalue weighted by molar-refractivity contribution is 0.384. The second-order valence-corrected chi connectivity index (χ2v) is 13.3. The fraction of sp³-hybridized carbons (Fsp3) is 0.368. The Bertz CT molecular complexity index is 1260. The first-order valence-corrected chi connectivity index (χ1v) is 14.4. The third-order valence-electron chi connectivity index (χ3n) is 5.00. The number of aryl methyl sites for hydroxylation is 1. The number of benzene rings is 2. The van der Waals surface area contributed by atoms with Crippen molar-refractivity contribution in [1.82, 2.24) is 4.31 Å². The highest BCUT2D eigenvalue weighted by Gasteiger charge is 2.30. The summed E-state index contributed by atoms with van der Waals surface area (Å²) < 4.78 is 75.3. The van der Waals surface area contributed by atoms with Crippen LogP contribution in [0.1, 0.15) is 5.56 Å². The van der Waals surface area contributed by atoms with Gasteiger partial charge in [0.2, 0.25) is 10.0 Å². The van der Waals surface area contributed by atoms with Gasteiger partial charge in [0.05, 0.1) is 20.4 Å². The predicted molar refractivity (Wildman–Crippen MR) is 115 cm³/mol. The molecule has 1 aliphatic heterocycles. The fourth-order valence-corrected chi connectivity index (χ4v) is 6.37.